The van der Waals surface area contributed by atoms with E-state index in [1.54, 1.807) is 6.21 Å². The summed E-state index contributed by atoms with van der Waals surface area (Å²) in [5, 5.41) is 6.57. The molecule has 0 bridgehead atoms. The minimum atomic E-state index is -0.113. The fourth-order valence-electron chi connectivity index (χ4n) is 3.93. The molecule has 1 heterocycles. The minimum Gasteiger partial charge on any atom is -0.494 e. The van der Waals surface area contributed by atoms with Crippen molar-refractivity contribution < 1.29 is 9.53 Å². The monoisotopic (exact) mass is 679 g/mol. The van der Waals surface area contributed by atoms with Crippen LogP contribution in [0.1, 0.15) is 38.2 Å². The predicted octanol–water partition coefficient (Wildman–Crippen LogP) is 7.11. The third kappa shape index (κ3) is 6.29. The number of hydrazone groups is 1. The molecule has 1 amide bonds. The van der Waals surface area contributed by atoms with E-state index in [0.717, 1.165) is 35.4 Å². The molecule has 5 nitrogen and oxygen atoms in total. The summed E-state index contributed by atoms with van der Waals surface area (Å²) >= 11 is 4.69. The fraction of sp³-hybridized carbons (Fsp3) is 0.259. The number of carbonyl (C=O) groups is 1. The summed E-state index contributed by atoms with van der Waals surface area (Å²) in [6.45, 7) is 3.51. The number of rotatable bonds is 10. The van der Waals surface area contributed by atoms with E-state index in [1.165, 1.54) is 30.8 Å². The Balaban J connectivity index is 1.36. The molecule has 7 heteroatoms. The van der Waals surface area contributed by atoms with Crippen molar-refractivity contribution in [3.05, 3.63) is 73.4 Å². The van der Waals surface area contributed by atoms with E-state index in [0.29, 0.717) is 13.0 Å². The number of ether oxygens (including phenoxy) is 1. The third-order valence-corrected chi connectivity index (χ3v) is 6.99. The highest BCUT2D eigenvalue weighted by Gasteiger charge is 2.12. The first-order valence-corrected chi connectivity index (χ1v) is 13.6. The standard InChI is InChI=1S/C27H27I2N3O2/c1-2-3-4-15-34-22-9-5-19(6-10-22)18-30-31-27(33)13-14-32-25-11-7-20(28)16-23(25)24-17-21(29)8-12-26(24)32/h5-12,16-18H,2-4,13-15H2,1H3,(H,31,33). The van der Waals surface area contributed by atoms with Crippen molar-refractivity contribution in [2.24, 2.45) is 5.10 Å². The van der Waals surface area contributed by atoms with E-state index in [9.17, 15) is 4.79 Å². The molecule has 0 saturated heterocycles. The van der Waals surface area contributed by atoms with Crippen LogP contribution in [0.25, 0.3) is 21.8 Å². The Hall–Kier alpha value is -2.14. The fourth-order valence-corrected chi connectivity index (χ4v) is 4.91. The molecule has 1 aromatic heterocycles. The second-order valence-electron chi connectivity index (χ2n) is 8.14. The Labute approximate surface area is 227 Å². The zero-order valence-corrected chi connectivity index (χ0v) is 23.4. The summed E-state index contributed by atoms with van der Waals surface area (Å²) in [5.41, 5.74) is 5.85. The number of nitrogens with zero attached hydrogens (tertiary/aromatic N) is 2. The number of amides is 1. The summed E-state index contributed by atoms with van der Waals surface area (Å²) < 4.78 is 10.4. The van der Waals surface area contributed by atoms with Crippen molar-refractivity contribution in [2.45, 2.75) is 39.2 Å². The van der Waals surface area contributed by atoms with Gasteiger partial charge in [-0.15, -0.1) is 0 Å². The Bertz CT molecular complexity index is 1250. The summed E-state index contributed by atoms with van der Waals surface area (Å²) in [5.74, 6) is 0.742. The van der Waals surface area contributed by atoms with Crippen LogP contribution in [-0.2, 0) is 11.3 Å². The van der Waals surface area contributed by atoms with E-state index in [1.807, 2.05) is 24.3 Å². The summed E-state index contributed by atoms with van der Waals surface area (Å²) in [6, 6.07) is 20.6. The summed E-state index contributed by atoms with van der Waals surface area (Å²) in [6.07, 6.45) is 5.43. The third-order valence-electron chi connectivity index (χ3n) is 5.65. The van der Waals surface area contributed by atoms with E-state index in [-0.39, 0.29) is 5.91 Å². The normalized spacial score (nSPS) is 11.5. The van der Waals surface area contributed by atoms with Crippen molar-refractivity contribution in [1.82, 2.24) is 9.99 Å². The van der Waals surface area contributed by atoms with Gasteiger partial charge >= 0.3 is 0 Å². The van der Waals surface area contributed by atoms with Crippen LogP contribution in [0.15, 0.2) is 65.8 Å². The highest BCUT2D eigenvalue weighted by Crippen LogP contribution is 2.31. The number of benzene rings is 3. The van der Waals surface area contributed by atoms with Gasteiger partial charge < -0.3 is 9.30 Å². The highest BCUT2D eigenvalue weighted by atomic mass is 127. The van der Waals surface area contributed by atoms with Gasteiger partial charge in [-0.2, -0.15) is 5.10 Å². The van der Waals surface area contributed by atoms with Gasteiger partial charge in [0.1, 0.15) is 5.75 Å². The van der Waals surface area contributed by atoms with E-state index in [4.69, 9.17) is 4.74 Å². The van der Waals surface area contributed by atoms with Gasteiger partial charge in [0.05, 0.1) is 12.8 Å². The van der Waals surface area contributed by atoms with Crippen molar-refractivity contribution in [2.75, 3.05) is 6.61 Å². The first-order valence-electron chi connectivity index (χ1n) is 11.5. The van der Waals surface area contributed by atoms with E-state index in [2.05, 4.69) is 104 Å². The van der Waals surface area contributed by atoms with Crippen molar-refractivity contribution in [3.63, 3.8) is 0 Å². The molecule has 0 radical (unpaired) electrons. The molecule has 0 spiro atoms. The average Bonchev–Trinajstić information content (AvgIpc) is 3.13. The maximum Gasteiger partial charge on any atom is 0.241 e. The molecule has 4 aromatic rings. The van der Waals surface area contributed by atoms with Gasteiger partial charge in [-0.25, -0.2) is 5.43 Å². The van der Waals surface area contributed by atoms with E-state index < -0.39 is 0 Å². The molecule has 3 aromatic carbocycles. The lowest BCUT2D eigenvalue weighted by atomic mass is 10.2. The van der Waals surface area contributed by atoms with Gasteiger partial charge in [0.25, 0.3) is 0 Å². The lowest BCUT2D eigenvalue weighted by Crippen LogP contribution is -2.19. The molecule has 4 rings (SSSR count). The number of unbranched alkanes of at least 4 members (excludes halogenated alkanes) is 2. The Morgan fingerprint density at radius 1 is 0.971 bits per heavy atom. The second-order valence-corrected chi connectivity index (χ2v) is 10.6. The van der Waals surface area contributed by atoms with Crippen molar-refractivity contribution in [3.8, 4) is 5.75 Å². The van der Waals surface area contributed by atoms with Gasteiger partial charge in [0.15, 0.2) is 0 Å². The van der Waals surface area contributed by atoms with Crippen LogP contribution in [0.5, 0.6) is 5.75 Å². The van der Waals surface area contributed by atoms with Crippen LogP contribution in [0.2, 0.25) is 0 Å². The molecule has 176 valence electrons. The number of hydrogen-bond acceptors (Lipinski definition) is 3. The molecule has 0 saturated carbocycles. The van der Waals surface area contributed by atoms with Crippen LogP contribution >= 0.6 is 45.2 Å². The van der Waals surface area contributed by atoms with Crippen molar-refractivity contribution >= 4 is 79.1 Å². The number of fused-ring (bicyclic) bond motifs is 3. The zero-order valence-electron chi connectivity index (χ0n) is 19.1. The molecular formula is C27H27I2N3O2. The van der Waals surface area contributed by atoms with Crippen LogP contribution < -0.4 is 10.2 Å². The summed E-state index contributed by atoms with van der Waals surface area (Å²) in [7, 11) is 0. The lowest BCUT2D eigenvalue weighted by molar-refractivity contribution is -0.121. The number of halogens is 2. The molecule has 0 aliphatic rings. The Kier molecular flexibility index (Phi) is 8.82. The molecular weight excluding hydrogens is 652 g/mol. The zero-order chi connectivity index (χ0) is 23.9. The minimum absolute atomic E-state index is 0.113. The molecule has 0 unspecified atom stereocenters. The van der Waals surface area contributed by atoms with Crippen LogP contribution in [-0.4, -0.2) is 23.3 Å². The number of nitrogens with one attached hydrogen (secondary N) is 1. The molecule has 0 fully saturated rings. The van der Waals surface area contributed by atoms with Gasteiger partial charge in [-0.1, -0.05) is 19.8 Å². The van der Waals surface area contributed by atoms with Gasteiger partial charge in [0.2, 0.25) is 5.91 Å². The molecule has 0 atom stereocenters. The van der Waals surface area contributed by atoms with Crippen molar-refractivity contribution in [1.29, 1.82) is 0 Å². The number of aryl methyl sites for hydroxylation is 1. The first kappa shape index (κ1) is 25.0. The van der Waals surface area contributed by atoms with E-state index >= 15 is 0 Å². The maximum atomic E-state index is 12.5. The quantitative estimate of drug-likeness (QED) is 0.0841. The van der Waals surface area contributed by atoms with Crippen LogP contribution in [0, 0.1) is 7.14 Å². The molecule has 34 heavy (non-hydrogen) atoms. The predicted molar refractivity (Wildman–Crippen MR) is 157 cm³/mol. The van der Waals surface area contributed by atoms with Crippen LogP contribution in [0.4, 0.5) is 0 Å². The maximum absolute atomic E-state index is 12.5. The number of aromatic nitrogens is 1. The first-order chi connectivity index (χ1) is 16.5. The van der Waals surface area contributed by atoms with Gasteiger partial charge in [-0.05, 0) is 118 Å². The topological polar surface area (TPSA) is 55.6 Å². The van der Waals surface area contributed by atoms with Gasteiger partial charge in [0, 0.05) is 41.9 Å². The van der Waals surface area contributed by atoms with Gasteiger partial charge in [-0.3, -0.25) is 4.79 Å². The number of hydrogen-bond donors (Lipinski definition) is 1. The smallest absolute Gasteiger partial charge is 0.241 e. The molecule has 1 N–H and O–H groups in total. The molecule has 0 aliphatic heterocycles. The number of carbonyl (C=O) groups excluding carboxylic acids is 1. The highest BCUT2D eigenvalue weighted by molar-refractivity contribution is 14.1. The lowest BCUT2D eigenvalue weighted by Gasteiger charge is -2.07. The Morgan fingerprint density at radius 2 is 1.62 bits per heavy atom. The van der Waals surface area contributed by atoms with Crippen LogP contribution in [0.3, 0.4) is 0 Å². The second kappa shape index (κ2) is 12.0. The Morgan fingerprint density at radius 3 is 2.24 bits per heavy atom. The molecule has 0 aliphatic carbocycles. The summed E-state index contributed by atoms with van der Waals surface area (Å²) in [4.78, 5) is 12.5. The average molecular weight is 679 g/mol. The SMILES string of the molecule is CCCCCOc1ccc(C=NNC(=O)CCn2c3ccc(I)cc3c3cc(I)ccc32)cc1. The largest absolute Gasteiger partial charge is 0.494 e.